The summed E-state index contributed by atoms with van der Waals surface area (Å²) in [6.07, 6.45) is 3.21. The van der Waals surface area contributed by atoms with Gasteiger partial charge in [-0.3, -0.25) is 9.48 Å². The molecule has 0 saturated heterocycles. The highest BCUT2D eigenvalue weighted by molar-refractivity contribution is 6.12. The van der Waals surface area contributed by atoms with E-state index in [1.165, 1.54) is 12.1 Å². The molecule has 0 spiro atoms. The van der Waals surface area contributed by atoms with Crippen molar-refractivity contribution in [2.24, 2.45) is 7.05 Å². The number of carbonyl (C=O) groups is 1. The normalized spacial score (nSPS) is 21.8. The second-order valence-corrected chi connectivity index (χ2v) is 7.11. The summed E-state index contributed by atoms with van der Waals surface area (Å²) in [6.45, 7) is 3.80. The minimum absolute atomic E-state index is 0.166. The third-order valence-corrected chi connectivity index (χ3v) is 5.58. The van der Waals surface area contributed by atoms with Gasteiger partial charge in [0.1, 0.15) is 11.9 Å². The Morgan fingerprint density at radius 3 is 2.81 bits per heavy atom. The van der Waals surface area contributed by atoms with Gasteiger partial charge in [0.25, 0.3) is 0 Å². The van der Waals surface area contributed by atoms with E-state index in [1.807, 2.05) is 26.1 Å². The maximum atomic E-state index is 13.7. The van der Waals surface area contributed by atoms with Gasteiger partial charge in [-0.15, -0.1) is 0 Å². The molecular formula is C21H18FN3O. The summed E-state index contributed by atoms with van der Waals surface area (Å²) >= 11 is 0. The second kappa shape index (κ2) is 5.50. The molecule has 0 N–H and O–H groups in total. The number of nitrogens with zero attached hydrogens (tertiary/aromatic N) is 3. The fourth-order valence-electron chi connectivity index (χ4n) is 4.38. The van der Waals surface area contributed by atoms with Crippen molar-refractivity contribution in [1.29, 1.82) is 5.26 Å². The molecule has 1 aromatic heterocycles. The van der Waals surface area contributed by atoms with E-state index in [9.17, 15) is 14.4 Å². The van der Waals surface area contributed by atoms with Crippen LogP contribution in [0, 0.1) is 17.1 Å². The topological polar surface area (TPSA) is 58.7 Å². The van der Waals surface area contributed by atoms with Crippen LogP contribution < -0.4 is 0 Å². The first-order valence-electron chi connectivity index (χ1n) is 8.57. The van der Waals surface area contributed by atoms with Crippen molar-refractivity contribution in [2.45, 2.75) is 32.1 Å². The van der Waals surface area contributed by atoms with Gasteiger partial charge in [0.2, 0.25) is 0 Å². The molecule has 1 aromatic carbocycles. The van der Waals surface area contributed by atoms with Crippen LogP contribution in [0.15, 0.2) is 47.1 Å². The molecule has 0 saturated carbocycles. The Morgan fingerprint density at radius 1 is 1.35 bits per heavy atom. The zero-order valence-electron chi connectivity index (χ0n) is 14.9. The van der Waals surface area contributed by atoms with Gasteiger partial charge in [-0.1, -0.05) is 12.1 Å². The van der Waals surface area contributed by atoms with E-state index >= 15 is 0 Å². The predicted octanol–water partition coefficient (Wildman–Crippen LogP) is 3.78. The number of allylic oxidation sites excluding steroid dienone is 4. The molecule has 0 bridgehead atoms. The molecule has 4 nitrogen and oxygen atoms in total. The Hall–Kier alpha value is -3.00. The molecule has 1 atom stereocenters. The molecule has 26 heavy (non-hydrogen) atoms. The van der Waals surface area contributed by atoms with E-state index < -0.39 is 5.41 Å². The average Bonchev–Trinajstić information content (AvgIpc) is 2.95. The van der Waals surface area contributed by atoms with E-state index in [4.69, 9.17) is 5.10 Å². The van der Waals surface area contributed by atoms with Crippen LogP contribution in [0.2, 0.25) is 0 Å². The molecule has 4 rings (SSSR count). The summed E-state index contributed by atoms with van der Waals surface area (Å²) in [5, 5.41) is 14.1. The van der Waals surface area contributed by atoms with Crippen molar-refractivity contribution in [3.8, 4) is 17.3 Å². The predicted molar refractivity (Wildman–Crippen MR) is 95.7 cm³/mol. The van der Waals surface area contributed by atoms with Crippen LogP contribution in [0.3, 0.4) is 0 Å². The van der Waals surface area contributed by atoms with E-state index in [1.54, 1.807) is 23.7 Å². The minimum Gasteiger partial charge on any atom is -0.288 e. The van der Waals surface area contributed by atoms with Gasteiger partial charge in [-0.25, -0.2) is 4.39 Å². The number of aryl methyl sites for hydroxylation is 1. The third kappa shape index (κ3) is 2.12. The lowest BCUT2D eigenvalue weighted by molar-refractivity contribution is -0.112. The molecule has 0 fully saturated rings. The fourth-order valence-corrected chi connectivity index (χ4v) is 4.38. The number of Topliss-reactive ketones (excluding diaryl/α,β-unsaturated/α-hetero) is 1. The highest BCUT2D eigenvalue weighted by Crippen LogP contribution is 2.48. The zero-order chi connectivity index (χ0) is 18.6. The number of halogens is 1. The lowest BCUT2D eigenvalue weighted by Crippen LogP contribution is -2.34. The number of aromatic nitrogens is 2. The Kier molecular flexibility index (Phi) is 3.48. The van der Waals surface area contributed by atoms with E-state index in [2.05, 4.69) is 0 Å². The van der Waals surface area contributed by atoms with Crippen LogP contribution in [-0.2, 0) is 23.7 Å². The zero-order valence-corrected chi connectivity index (χ0v) is 14.9. The Bertz CT molecular complexity index is 1070. The summed E-state index contributed by atoms with van der Waals surface area (Å²) in [5.74, 6) is -0.476. The third-order valence-electron chi connectivity index (χ3n) is 5.58. The summed E-state index contributed by atoms with van der Waals surface area (Å²) in [6, 6.07) is 8.53. The fraction of sp³-hybridized carbons (Fsp3) is 0.286. The van der Waals surface area contributed by atoms with Crippen LogP contribution in [0.25, 0.3) is 11.3 Å². The van der Waals surface area contributed by atoms with Crippen molar-refractivity contribution in [2.75, 3.05) is 0 Å². The SMILES string of the molecule is CC1=C2CCc3c(nn(C)c3-c3cccc(F)c3)[C@@]2(C)C=C(C#N)C1=O. The summed E-state index contributed by atoms with van der Waals surface area (Å²) in [7, 11) is 1.85. The summed E-state index contributed by atoms with van der Waals surface area (Å²) in [4.78, 5) is 12.4. The maximum absolute atomic E-state index is 13.7. The van der Waals surface area contributed by atoms with Gasteiger partial charge in [0.05, 0.1) is 22.4 Å². The molecule has 2 aliphatic carbocycles. The molecule has 0 unspecified atom stereocenters. The maximum Gasteiger partial charge on any atom is 0.198 e. The number of nitriles is 1. The largest absolute Gasteiger partial charge is 0.288 e. The molecule has 130 valence electrons. The van der Waals surface area contributed by atoms with Crippen molar-refractivity contribution in [3.05, 3.63) is 64.1 Å². The van der Waals surface area contributed by atoms with Gasteiger partial charge in [0.15, 0.2) is 5.78 Å². The molecule has 5 heteroatoms. The quantitative estimate of drug-likeness (QED) is 0.789. The monoisotopic (exact) mass is 347 g/mol. The van der Waals surface area contributed by atoms with Gasteiger partial charge in [0, 0.05) is 18.2 Å². The number of fused-ring (bicyclic) bond motifs is 3. The Labute approximate surface area is 151 Å². The first kappa shape index (κ1) is 16.5. The first-order valence-corrected chi connectivity index (χ1v) is 8.57. The Morgan fingerprint density at radius 2 is 2.12 bits per heavy atom. The number of rotatable bonds is 1. The van der Waals surface area contributed by atoms with Crippen LogP contribution in [0.4, 0.5) is 4.39 Å². The second-order valence-electron chi connectivity index (χ2n) is 7.11. The molecule has 0 amide bonds. The smallest absolute Gasteiger partial charge is 0.198 e. The lowest BCUT2D eigenvalue weighted by atomic mass is 9.65. The van der Waals surface area contributed by atoms with E-state index in [0.29, 0.717) is 5.57 Å². The van der Waals surface area contributed by atoms with E-state index in [0.717, 1.165) is 40.9 Å². The highest BCUT2D eigenvalue weighted by atomic mass is 19.1. The molecule has 0 radical (unpaired) electrons. The minimum atomic E-state index is -0.583. The van der Waals surface area contributed by atoms with Crippen molar-refractivity contribution in [1.82, 2.24) is 9.78 Å². The van der Waals surface area contributed by atoms with Crippen molar-refractivity contribution >= 4 is 5.78 Å². The summed E-state index contributed by atoms with van der Waals surface area (Å²) in [5.41, 5.74) is 4.83. The molecule has 2 aromatic rings. The molecular weight excluding hydrogens is 329 g/mol. The molecule has 1 heterocycles. The molecule has 2 aliphatic rings. The number of hydrogen-bond donors (Lipinski definition) is 0. The number of carbonyl (C=O) groups excluding carboxylic acids is 1. The van der Waals surface area contributed by atoms with Gasteiger partial charge in [-0.05, 0) is 56.0 Å². The highest BCUT2D eigenvalue weighted by Gasteiger charge is 2.44. The summed E-state index contributed by atoms with van der Waals surface area (Å²) < 4.78 is 15.5. The van der Waals surface area contributed by atoms with Crippen LogP contribution in [-0.4, -0.2) is 15.6 Å². The van der Waals surface area contributed by atoms with Crippen LogP contribution >= 0.6 is 0 Å². The van der Waals surface area contributed by atoms with E-state index in [-0.39, 0.29) is 17.2 Å². The van der Waals surface area contributed by atoms with Gasteiger partial charge >= 0.3 is 0 Å². The first-order chi connectivity index (χ1) is 12.4. The van der Waals surface area contributed by atoms with Gasteiger partial charge in [-0.2, -0.15) is 10.4 Å². The van der Waals surface area contributed by atoms with Crippen molar-refractivity contribution < 1.29 is 9.18 Å². The Balaban J connectivity index is 1.98. The lowest BCUT2D eigenvalue weighted by Gasteiger charge is -2.37. The van der Waals surface area contributed by atoms with Gasteiger partial charge < -0.3 is 0 Å². The average molecular weight is 347 g/mol. The molecule has 0 aliphatic heterocycles. The standard InChI is InChI=1S/C21H18FN3O/c1-12-17-8-7-16-18(13-5-4-6-15(22)9-13)25(3)24-20(16)21(17,2)10-14(11-23)19(12)26/h4-6,9-10H,7-8H2,1-3H3/t21-/m0/s1. The van der Waals surface area contributed by atoms with Crippen LogP contribution in [0.5, 0.6) is 0 Å². The van der Waals surface area contributed by atoms with Crippen molar-refractivity contribution in [3.63, 3.8) is 0 Å². The van der Waals surface area contributed by atoms with Crippen LogP contribution in [0.1, 0.15) is 31.5 Å². The number of ketones is 1. The number of hydrogen-bond acceptors (Lipinski definition) is 3. The number of benzene rings is 1.